The van der Waals surface area contributed by atoms with Crippen molar-refractivity contribution in [2.45, 2.75) is 0 Å². The van der Waals surface area contributed by atoms with Gasteiger partial charge in [-0.2, -0.15) is 0 Å². The molecule has 0 aliphatic heterocycles. The maximum absolute atomic E-state index is 11.7. The monoisotopic (exact) mass is 219 g/mol. The van der Waals surface area contributed by atoms with Crippen LogP contribution in [0.3, 0.4) is 0 Å². The summed E-state index contributed by atoms with van der Waals surface area (Å²) in [6, 6.07) is 5.03. The van der Waals surface area contributed by atoms with Gasteiger partial charge in [0.15, 0.2) is 0 Å². The fourth-order valence-corrected chi connectivity index (χ4v) is 1.43. The number of H-pyrrole nitrogens is 1. The first-order valence-corrected chi connectivity index (χ1v) is 4.94. The first-order chi connectivity index (χ1) is 7.70. The average Bonchev–Trinajstić information content (AvgIpc) is 2.27. The highest BCUT2D eigenvalue weighted by atomic mass is 16.1. The zero-order chi connectivity index (χ0) is 11.5. The van der Waals surface area contributed by atoms with Crippen LogP contribution in [0.15, 0.2) is 23.0 Å². The van der Waals surface area contributed by atoms with Crippen molar-refractivity contribution < 1.29 is 0 Å². The molecule has 0 saturated carbocycles. The number of hydrogen-bond acceptors (Lipinski definition) is 5. The van der Waals surface area contributed by atoms with E-state index in [4.69, 9.17) is 11.5 Å². The van der Waals surface area contributed by atoms with E-state index in [-0.39, 0.29) is 5.56 Å². The molecule has 2 aromatic rings. The molecule has 0 spiro atoms. The molecule has 0 unspecified atom stereocenters. The Morgan fingerprint density at radius 1 is 1.44 bits per heavy atom. The summed E-state index contributed by atoms with van der Waals surface area (Å²) in [5.74, 6) is 0.424. The van der Waals surface area contributed by atoms with Gasteiger partial charge in [-0.15, -0.1) is 0 Å². The van der Waals surface area contributed by atoms with Crippen molar-refractivity contribution in [3.8, 4) is 0 Å². The Hall–Kier alpha value is -2.08. The third-order valence-corrected chi connectivity index (χ3v) is 2.17. The lowest BCUT2D eigenvalue weighted by atomic mass is 10.2. The second kappa shape index (κ2) is 4.19. The molecule has 6 heteroatoms. The summed E-state index contributed by atoms with van der Waals surface area (Å²) in [7, 11) is 0. The van der Waals surface area contributed by atoms with Crippen molar-refractivity contribution in [1.82, 2.24) is 9.97 Å². The Kier molecular flexibility index (Phi) is 2.74. The van der Waals surface area contributed by atoms with E-state index < -0.39 is 0 Å². The van der Waals surface area contributed by atoms with Gasteiger partial charge >= 0.3 is 0 Å². The van der Waals surface area contributed by atoms with Crippen LogP contribution >= 0.6 is 0 Å². The molecule has 1 aromatic heterocycles. The number of nitrogens with zero attached hydrogens (tertiary/aromatic N) is 1. The summed E-state index contributed by atoms with van der Waals surface area (Å²) < 4.78 is 0. The SMILES string of the molecule is NCCNc1nc2ccc(N)cc2c(=O)[nH]1. The fourth-order valence-electron chi connectivity index (χ4n) is 1.43. The fraction of sp³-hybridized carbons (Fsp3) is 0.200. The van der Waals surface area contributed by atoms with Gasteiger partial charge in [-0.25, -0.2) is 4.98 Å². The number of aromatic amines is 1. The molecule has 0 aliphatic rings. The van der Waals surface area contributed by atoms with Crippen LogP contribution in [0.5, 0.6) is 0 Å². The Labute approximate surface area is 91.7 Å². The zero-order valence-corrected chi connectivity index (χ0v) is 8.66. The van der Waals surface area contributed by atoms with Gasteiger partial charge in [-0.3, -0.25) is 9.78 Å². The number of fused-ring (bicyclic) bond motifs is 1. The summed E-state index contributed by atoms with van der Waals surface area (Å²) in [4.78, 5) is 18.6. The number of nitrogens with one attached hydrogen (secondary N) is 2. The molecule has 1 heterocycles. The van der Waals surface area contributed by atoms with Crippen molar-refractivity contribution >= 4 is 22.5 Å². The molecule has 16 heavy (non-hydrogen) atoms. The summed E-state index contributed by atoms with van der Waals surface area (Å²) in [5, 5.41) is 3.40. The molecule has 6 nitrogen and oxygen atoms in total. The van der Waals surface area contributed by atoms with E-state index in [1.807, 2.05) is 0 Å². The number of nitrogen functional groups attached to an aromatic ring is 1. The minimum atomic E-state index is -0.211. The lowest BCUT2D eigenvalue weighted by molar-refractivity contribution is 0.991. The van der Waals surface area contributed by atoms with Gasteiger partial charge in [0.1, 0.15) is 0 Å². The number of anilines is 2. The van der Waals surface area contributed by atoms with Crippen molar-refractivity contribution in [2.75, 3.05) is 24.1 Å². The van der Waals surface area contributed by atoms with Crippen LogP contribution in [-0.4, -0.2) is 23.1 Å². The van der Waals surface area contributed by atoms with Crippen LogP contribution in [0.1, 0.15) is 0 Å². The second-order valence-electron chi connectivity index (χ2n) is 3.41. The standard InChI is InChI=1S/C10H13N5O/c11-3-4-13-10-14-8-2-1-6(12)5-7(8)9(16)15-10/h1-2,5H,3-4,11-12H2,(H2,13,14,15,16). The molecule has 2 rings (SSSR count). The van der Waals surface area contributed by atoms with Gasteiger partial charge in [0.2, 0.25) is 5.95 Å². The lowest BCUT2D eigenvalue weighted by Gasteiger charge is -2.04. The highest BCUT2D eigenvalue weighted by Crippen LogP contribution is 2.12. The Morgan fingerprint density at radius 2 is 2.25 bits per heavy atom. The number of rotatable bonds is 3. The van der Waals surface area contributed by atoms with Crippen LogP contribution in [0.4, 0.5) is 11.6 Å². The van der Waals surface area contributed by atoms with Crippen LogP contribution in [0, 0.1) is 0 Å². The second-order valence-corrected chi connectivity index (χ2v) is 3.41. The summed E-state index contributed by atoms with van der Waals surface area (Å²) in [6.07, 6.45) is 0. The van der Waals surface area contributed by atoms with Gasteiger partial charge in [0, 0.05) is 18.8 Å². The molecule has 0 atom stereocenters. The Morgan fingerprint density at radius 3 is 3.00 bits per heavy atom. The third-order valence-electron chi connectivity index (χ3n) is 2.17. The third kappa shape index (κ3) is 1.96. The van der Waals surface area contributed by atoms with Gasteiger partial charge in [-0.05, 0) is 18.2 Å². The van der Waals surface area contributed by atoms with E-state index in [9.17, 15) is 4.79 Å². The predicted molar refractivity (Wildman–Crippen MR) is 64.3 cm³/mol. The maximum atomic E-state index is 11.7. The minimum Gasteiger partial charge on any atom is -0.399 e. The first kappa shape index (κ1) is 10.4. The van der Waals surface area contributed by atoms with Gasteiger partial charge in [0.05, 0.1) is 10.9 Å². The molecule has 84 valence electrons. The minimum absolute atomic E-state index is 0.211. The molecule has 0 fully saturated rings. The van der Waals surface area contributed by atoms with Crippen molar-refractivity contribution in [3.05, 3.63) is 28.6 Å². The molecule has 0 bridgehead atoms. The van der Waals surface area contributed by atoms with Crippen molar-refractivity contribution in [3.63, 3.8) is 0 Å². The number of nitrogens with two attached hydrogens (primary N) is 2. The van der Waals surface area contributed by atoms with E-state index in [1.165, 1.54) is 0 Å². The van der Waals surface area contributed by atoms with E-state index in [2.05, 4.69) is 15.3 Å². The smallest absolute Gasteiger partial charge is 0.260 e. The van der Waals surface area contributed by atoms with Crippen molar-refractivity contribution in [1.29, 1.82) is 0 Å². The number of benzene rings is 1. The summed E-state index contributed by atoms with van der Waals surface area (Å²) >= 11 is 0. The van der Waals surface area contributed by atoms with Gasteiger partial charge in [0.25, 0.3) is 5.56 Å². The predicted octanol–water partition coefficient (Wildman–Crippen LogP) is -0.124. The van der Waals surface area contributed by atoms with E-state index in [1.54, 1.807) is 18.2 Å². The zero-order valence-electron chi connectivity index (χ0n) is 8.66. The van der Waals surface area contributed by atoms with Gasteiger partial charge in [-0.1, -0.05) is 0 Å². The van der Waals surface area contributed by atoms with Crippen molar-refractivity contribution in [2.24, 2.45) is 5.73 Å². The average molecular weight is 219 g/mol. The molecule has 0 amide bonds. The molecular formula is C10H13N5O. The topological polar surface area (TPSA) is 110 Å². The van der Waals surface area contributed by atoms with Gasteiger partial charge < -0.3 is 16.8 Å². The highest BCUT2D eigenvalue weighted by Gasteiger charge is 2.03. The number of aromatic nitrogens is 2. The van der Waals surface area contributed by atoms with Crippen LogP contribution in [0.2, 0.25) is 0 Å². The summed E-state index contributed by atoms with van der Waals surface area (Å²) in [6.45, 7) is 1.03. The largest absolute Gasteiger partial charge is 0.399 e. The maximum Gasteiger partial charge on any atom is 0.260 e. The molecule has 0 aliphatic carbocycles. The quantitative estimate of drug-likeness (QED) is 0.538. The lowest BCUT2D eigenvalue weighted by Crippen LogP contribution is -2.18. The van der Waals surface area contributed by atoms with Crippen LogP contribution in [-0.2, 0) is 0 Å². The summed E-state index contributed by atoms with van der Waals surface area (Å²) in [5.41, 5.74) is 11.9. The van der Waals surface area contributed by atoms with Crippen LogP contribution < -0.4 is 22.3 Å². The van der Waals surface area contributed by atoms with Crippen LogP contribution in [0.25, 0.3) is 10.9 Å². The van der Waals surface area contributed by atoms with E-state index >= 15 is 0 Å². The Bertz CT molecular complexity index is 563. The van der Waals surface area contributed by atoms with E-state index in [0.717, 1.165) is 0 Å². The highest BCUT2D eigenvalue weighted by molar-refractivity contribution is 5.81. The first-order valence-electron chi connectivity index (χ1n) is 4.94. The molecule has 6 N–H and O–H groups in total. The Balaban J connectivity index is 2.51. The molecule has 1 aromatic carbocycles. The molecular weight excluding hydrogens is 206 g/mol. The van der Waals surface area contributed by atoms with E-state index in [0.29, 0.717) is 35.6 Å². The molecule has 0 saturated heterocycles. The molecule has 0 radical (unpaired) electrons. The number of hydrogen-bond donors (Lipinski definition) is 4. The normalized spacial score (nSPS) is 10.6.